The lowest BCUT2D eigenvalue weighted by molar-refractivity contribution is -0.158. The lowest BCUT2D eigenvalue weighted by Crippen LogP contribution is -2.43. The van der Waals surface area contributed by atoms with Crippen molar-refractivity contribution in [2.45, 2.75) is 45.3 Å². The van der Waals surface area contributed by atoms with Crippen LogP contribution in [0.5, 0.6) is 0 Å². The summed E-state index contributed by atoms with van der Waals surface area (Å²) in [4.78, 5) is 38.5. The number of esters is 1. The van der Waals surface area contributed by atoms with Crippen molar-refractivity contribution >= 4 is 33.3 Å². The van der Waals surface area contributed by atoms with E-state index in [1.807, 2.05) is 31.2 Å². The van der Waals surface area contributed by atoms with Crippen molar-refractivity contribution in [2.75, 3.05) is 23.0 Å². The van der Waals surface area contributed by atoms with E-state index in [0.717, 1.165) is 17.7 Å². The average Bonchev–Trinajstić information content (AvgIpc) is 3.23. The van der Waals surface area contributed by atoms with Crippen LogP contribution in [-0.2, 0) is 35.4 Å². The second-order valence-corrected chi connectivity index (χ2v) is 9.84. The summed E-state index contributed by atoms with van der Waals surface area (Å²) < 4.78 is 28.2. The van der Waals surface area contributed by atoms with Gasteiger partial charge in [0.2, 0.25) is 5.91 Å². The topological polar surface area (TPSA) is 110 Å². The van der Waals surface area contributed by atoms with E-state index in [9.17, 15) is 22.8 Å². The molecule has 1 N–H and O–H groups in total. The van der Waals surface area contributed by atoms with Crippen LogP contribution in [0.15, 0.2) is 24.3 Å². The van der Waals surface area contributed by atoms with Crippen molar-refractivity contribution in [3.8, 4) is 0 Å². The van der Waals surface area contributed by atoms with Gasteiger partial charge in [0.25, 0.3) is 5.91 Å². The van der Waals surface area contributed by atoms with Crippen molar-refractivity contribution in [3.63, 3.8) is 0 Å². The Balaban J connectivity index is 1.53. The highest BCUT2D eigenvalue weighted by Crippen LogP contribution is 2.26. The first-order valence-corrected chi connectivity index (χ1v) is 11.6. The molecule has 0 unspecified atom stereocenters. The fourth-order valence-corrected chi connectivity index (χ4v) is 5.25. The molecule has 2 fully saturated rings. The minimum Gasteiger partial charge on any atom is -0.452 e. The summed E-state index contributed by atoms with van der Waals surface area (Å²) in [5.41, 5.74) is 1.89. The molecule has 0 aromatic heterocycles. The lowest BCUT2D eigenvalue weighted by Gasteiger charge is -2.19. The standard InChI is InChI=1S/C20H26N2O6S/c1-3-14-4-6-17(7-5-14)22-11-15(10-18(22)23)20(25)28-13(2)19(24)21-16-8-9-29(26,27)12-16/h4-7,13,15-16H,3,8-12H2,1-2H3,(H,21,24)/t13-,15-,16+/m0/s1. The number of ether oxygens (including phenoxy) is 1. The Bertz CT molecular complexity index is 896. The predicted octanol–water partition coefficient (Wildman–Crippen LogP) is 0.837. The Morgan fingerprint density at radius 3 is 2.55 bits per heavy atom. The summed E-state index contributed by atoms with van der Waals surface area (Å²) in [5.74, 6) is -1.99. The summed E-state index contributed by atoms with van der Waals surface area (Å²) >= 11 is 0. The van der Waals surface area contributed by atoms with Gasteiger partial charge in [-0.15, -0.1) is 0 Å². The second-order valence-electron chi connectivity index (χ2n) is 7.61. The van der Waals surface area contributed by atoms with E-state index >= 15 is 0 Å². The number of carbonyl (C=O) groups excluding carboxylic acids is 3. The fourth-order valence-electron chi connectivity index (χ4n) is 3.58. The molecule has 2 amide bonds. The number of aryl methyl sites for hydroxylation is 1. The normalized spacial score (nSPS) is 24.3. The van der Waals surface area contributed by atoms with E-state index in [0.29, 0.717) is 6.42 Å². The average molecular weight is 423 g/mol. The number of sulfone groups is 1. The summed E-state index contributed by atoms with van der Waals surface area (Å²) in [6.45, 7) is 3.69. The molecule has 29 heavy (non-hydrogen) atoms. The number of benzene rings is 1. The Kier molecular flexibility index (Phi) is 6.26. The van der Waals surface area contributed by atoms with Crippen LogP contribution < -0.4 is 10.2 Å². The van der Waals surface area contributed by atoms with Gasteiger partial charge in [-0.3, -0.25) is 14.4 Å². The van der Waals surface area contributed by atoms with E-state index in [2.05, 4.69) is 5.32 Å². The lowest BCUT2D eigenvalue weighted by atomic mass is 10.1. The number of hydrogen-bond donors (Lipinski definition) is 1. The predicted molar refractivity (Wildman–Crippen MR) is 107 cm³/mol. The van der Waals surface area contributed by atoms with Gasteiger partial charge in [0, 0.05) is 24.7 Å². The maximum Gasteiger partial charge on any atom is 0.312 e. The minimum atomic E-state index is -3.11. The highest BCUT2D eigenvalue weighted by atomic mass is 32.2. The maximum atomic E-state index is 12.4. The molecule has 3 atom stereocenters. The largest absolute Gasteiger partial charge is 0.452 e. The summed E-state index contributed by atoms with van der Waals surface area (Å²) in [5, 5.41) is 2.61. The molecular formula is C20H26N2O6S. The number of nitrogens with one attached hydrogen (secondary N) is 1. The monoisotopic (exact) mass is 422 g/mol. The van der Waals surface area contributed by atoms with Crippen molar-refractivity contribution in [2.24, 2.45) is 5.92 Å². The number of nitrogens with zero attached hydrogens (tertiary/aromatic N) is 1. The summed E-state index contributed by atoms with van der Waals surface area (Å²) in [7, 11) is -3.11. The molecule has 0 saturated carbocycles. The van der Waals surface area contributed by atoms with Crippen LogP contribution in [0.25, 0.3) is 0 Å². The van der Waals surface area contributed by atoms with Crippen LogP contribution in [0.4, 0.5) is 5.69 Å². The number of rotatable bonds is 6. The Labute approximate surface area is 170 Å². The Morgan fingerprint density at radius 1 is 1.28 bits per heavy atom. The molecular weight excluding hydrogens is 396 g/mol. The van der Waals surface area contributed by atoms with Gasteiger partial charge in [-0.25, -0.2) is 8.42 Å². The fraction of sp³-hybridized carbons (Fsp3) is 0.550. The quantitative estimate of drug-likeness (QED) is 0.680. The van der Waals surface area contributed by atoms with Gasteiger partial charge in [-0.05, 0) is 37.5 Å². The third-order valence-corrected chi connectivity index (χ3v) is 7.12. The summed E-state index contributed by atoms with van der Waals surface area (Å²) in [6.07, 6.45) is 0.232. The van der Waals surface area contributed by atoms with Gasteiger partial charge in [-0.1, -0.05) is 19.1 Å². The number of carbonyl (C=O) groups is 3. The zero-order valence-electron chi connectivity index (χ0n) is 16.6. The molecule has 9 heteroatoms. The van der Waals surface area contributed by atoms with Crippen molar-refractivity contribution in [3.05, 3.63) is 29.8 Å². The highest BCUT2D eigenvalue weighted by molar-refractivity contribution is 7.91. The highest BCUT2D eigenvalue weighted by Gasteiger charge is 2.38. The van der Waals surface area contributed by atoms with Crippen LogP contribution in [0.2, 0.25) is 0 Å². The molecule has 0 bridgehead atoms. The third kappa shape index (κ3) is 5.14. The zero-order chi connectivity index (χ0) is 21.2. The molecule has 2 aliphatic rings. The van der Waals surface area contributed by atoms with Gasteiger partial charge in [0.1, 0.15) is 0 Å². The molecule has 2 saturated heterocycles. The molecule has 1 aromatic rings. The van der Waals surface area contributed by atoms with Crippen LogP contribution >= 0.6 is 0 Å². The summed E-state index contributed by atoms with van der Waals surface area (Å²) in [6, 6.07) is 7.16. The molecule has 2 aliphatic heterocycles. The third-order valence-electron chi connectivity index (χ3n) is 5.36. The van der Waals surface area contributed by atoms with E-state index < -0.39 is 39.8 Å². The maximum absolute atomic E-state index is 12.4. The number of amides is 2. The van der Waals surface area contributed by atoms with Gasteiger partial charge in [-0.2, -0.15) is 0 Å². The smallest absolute Gasteiger partial charge is 0.312 e. The molecule has 0 aliphatic carbocycles. The van der Waals surface area contributed by atoms with Crippen LogP contribution in [0.1, 0.15) is 32.3 Å². The van der Waals surface area contributed by atoms with Gasteiger partial charge < -0.3 is 15.0 Å². The molecule has 0 spiro atoms. The van der Waals surface area contributed by atoms with Crippen molar-refractivity contribution in [1.82, 2.24) is 5.32 Å². The van der Waals surface area contributed by atoms with Gasteiger partial charge in [0.05, 0.1) is 17.4 Å². The molecule has 0 radical (unpaired) electrons. The first kappa shape index (κ1) is 21.3. The Hall–Kier alpha value is -2.42. The van der Waals surface area contributed by atoms with Crippen LogP contribution in [-0.4, -0.2) is 56.4 Å². The van der Waals surface area contributed by atoms with Gasteiger partial charge in [0.15, 0.2) is 15.9 Å². The second kappa shape index (κ2) is 8.52. The van der Waals surface area contributed by atoms with Gasteiger partial charge >= 0.3 is 5.97 Å². The molecule has 1 aromatic carbocycles. The molecule has 158 valence electrons. The van der Waals surface area contributed by atoms with E-state index in [1.165, 1.54) is 6.92 Å². The Morgan fingerprint density at radius 2 is 1.97 bits per heavy atom. The number of anilines is 1. The van der Waals surface area contributed by atoms with E-state index in [4.69, 9.17) is 4.74 Å². The number of hydrogen-bond acceptors (Lipinski definition) is 6. The van der Waals surface area contributed by atoms with Crippen molar-refractivity contribution < 1.29 is 27.5 Å². The molecule has 2 heterocycles. The first-order chi connectivity index (χ1) is 13.7. The minimum absolute atomic E-state index is 0.0313. The first-order valence-electron chi connectivity index (χ1n) is 9.79. The van der Waals surface area contributed by atoms with E-state index in [-0.39, 0.29) is 30.4 Å². The molecule has 8 nitrogen and oxygen atoms in total. The van der Waals surface area contributed by atoms with Crippen LogP contribution in [0, 0.1) is 5.92 Å². The van der Waals surface area contributed by atoms with Crippen LogP contribution in [0.3, 0.4) is 0 Å². The van der Waals surface area contributed by atoms with E-state index in [1.54, 1.807) is 4.90 Å². The van der Waals surface area contributed by atoms with Crippen molar-refractivity contribution in [1.29, 1.82) is 0 Å². The zero-order valence-corrected chi connectivity index (χ0v) is 17.4. The SMILES string of the molecule is CCc1ccc(N2C[C@@H](C(=O)O[C@@H](C)C(=O)N[C@@H]3CCS(=O)(=O)C3)CC2=O)cc1. The molecule has 3 rings (SSSR count).